The molecule has 0 aliphatic carbocycles. The zero-order valence-electron chi connectivity index (χ0n) is 20.1. The first-order chi connectivity index (χ1) is 15.8. The van der Waals surface area contributed by atoms with E-state index in [1.165, 1.54) is 11.5 Å². The first-order valence-corrected chi connectivity index (χ1v) is 11.9. The van der Waals surface area contributed by atoms with Gasteiger partial charge in [-0.3, -0.25) is 9.79 Å². The molecule has 3 rings (SSSR count). The lowest BCUT2D eigenvalue weighted by molar-refractivity contribution is -0.144. The van der Waals surface area contributed by atoms with Crippen LogP contribution in [-0.4, -0.2) is 42.7 Å². The van der Waals surface area contributed by atoms with Gasteiger partial charge in [0, 0.05) is 46.6 Å². The van der Waals surface area contributed by atoms with Gasteiger partial charge in [0.25, 0.3) is 0 Å². The maximum absolute atomic E-state index is 13.8. The predicted octanol–water partition coefficient (Wildman–Crippen LogP) is 6.71. The molecule has 2 heterocycles. The number of benzene rings is 1. The third-order valence-electron chi connectivity index (χ3n) is 5.88. The highest BCUT2D eigenvalue weighted by molar-refractivity contribution is 9.10. The van der Waals surface area contributed by atoms with E-state index in [-0.39, 0.29) is 12.7 Å². The Morgan fingerprint density at radius 2 is 2.00 bits per heavy atom. The van der Waals surface area contributed by atoms with Crippen LogP contribution in [0.4, 0.5) is 13.2 Å². The highest BCUT2D eigenvalue weighted by atomic mass is 79.9. The number of hydrogen-bond donors (Lipinski definition) is 0. The van der Waals surface area contributed by atoms with E-state index in [1.807, 2.05) is 26.8 Å². The smallest absolute Gasteiger partial charge is 0.406 e. The first-order valence-electron chi connectivity index (χ1n) is 11.1. The van der Waals surface area contributed by atoms with Crippen molar-refractivity contribution >= 4 is 44.6 Å². The molecule has 1 aliphatic heterocycles. The quantitative estimate of drug-likeness (QED) is 0.348. The Labute approximate surface area is 206 Å². The zero-order chi connectivity index (χ0) is 25.3. The van der Waals surface area contributed by atoms with Crippen LogP contribution in [0.15, 0.2) is 33.4 Å². The minimum atomic E-state index is -4.41. The molecule has 1 aromatic carbocycles. The van der Waals surface area contributed by atoms with Crippen LogP contribution < -0.4 is 0 Å². The summed E-state index contributed by atoms with van der Waals surface area (Å²) in [5.74, 6) is -0.393. The Morgan fingerprint density at radius 3 is 2.62 bits per heavy atom. The summed E-state index contributed by atoms with van der Waals surface area (Å²) in [6.45, 7) is 6.10. The summed E-state index contributed by atoms with van der Waals surface area (Å²) in [7, 11) is 1.56. The molecule has 0 amide bonds. The molecule has 0 N–H and O–H groups in total. The molecular weight excluding hydrogens is 513 g/mol. The number of ether oxygens (including phenoxy) is 2. The SMILES string of the molecule is CO[C@@H](C)C1=C(c2c(CC(C)(C)COC(C)=O)c3cc(Br)ccc3n2CC(F)(F)F)CCC=N1. The standard InChI is InChI=1S/C25H30BrF3N2O3/c1-15(33-5)22-18(7-6-10-30-22)23-20(12-24(3,4)14-34-16(2)32)19-11-17(26)8-9-21(19)31(23)13-25(27,28)29/h8-11,15H,6-7,12-14H2,1-5H3/t15-/m0/s1. The summed E-state index contributed by atoms with van der Waals surface area (Å²) in [5, 5.41) is 0.732. The van der Waals surface area contributed by atoms with E-state index in [0.717, 1.165) is 21.0 Å². The van der Waals surface area contributed by atoms with Crippen molar-refractivity contribution in [1.29, 1.82) is 0 Å². The van der Waals surface area contributed by atoms with Crippen molar-refractivity contribution in [1.82, 2.24) is 4.57 Å². The van der Waals surface area contributed by atoms with E-state index < -0.39 is 24.1 Å². The largest absolute Gasteiger partial charge is 0.465 e. The van der Waals surface area contributed by atoms with Crippen molar-refractivity contribution in [2.75, 3.05) is 13.7 Å². The van der Waals surface area contributed by atoms with Crippen LogP contribution in [0.2, 0.25) is 0 Å². The molecule has 0 fully saturated rings. The average Bonchev–Trinajstić information content (AvgIpc) is 3.02. The lowest BCUT2D eigenvalue weighted by Gasteiger charge is -2.27. The maximum Gasteiger partial charge on any atom is 0.406 e. The number of esters is 1. The fraction of sp³-hybridized carbons (Fsp3) is 0.520. The number of aromatic nitrogens is 1. The minimum Gasteiger partial charge on any atom is -0.465 e. The highest BCUT2D eigenvalue weighted by Gasteiger charge is 2.35. The van der Waals surface area contributed by atoms with Gasteiger partial charge >= 0.3 is 12.1 Å². The van der Waals surface area contributed by atoms with E-state index >= 15 is 0 Å². The number of aliphatic imine (C=N–C) groups is 1. The third kappa shape index (κ3) is 6.10. The van der Waals surface area contributed by atoms with Crippen LogP contribution in [0.5, 0.6) is 0 Å². The second-order valence-corrected chi connectivity index (χ2v) is 10.3. The number of alkyl halides is 3. The van der Waals surface area contributed by atoms with Crippen LogP contribution in [0, 0.1) is 5.41 Å². The average molecular weight is 543 g/mol. The molecule has 0 unspecified atom stereocenters. The summed E-state index contributed by atoms with van der Waals surface area (Å²) in [4.78, 5) is 16.0. The molecule has 34 heavy (non-hydrogen) atoms. The van der Waals surface area contributed by atoms with Gasteiger partial charge in [-0.25, -0.2) is 0 Å². The molecule has 0 saturated carbocycles. The van der Waals surface area contributed by atoms with Crippen molar-refractivity contribution in [2.45, 2.75) is 65.8 Å². The number of carbonyl (C=O) groups excluding carboxylic acids is 1. The zero-order valence-corrected chi connectivity index (χ0v) is 21.6. The van der Waals surface area contributed by atoms with Crippen LogP contribution in [0.1, 0.15) is 51.8 Å². The van der Waals surface area contributed by atoms with Gasteiger partial charge in [-0.2, -0.15) is 13.2 Å². The number of methoxy groups -OCH3 is 1. The second kappa shape index (κ2) is 10.2. The topological polar surface area (TPSA) is 52.8 Å². The lowest BCUT2D eigenvalue weighted by atomic mass is 9.83. The van der Waals surface area contributed by atoms with E-state index in [2.05, 4.69) is 20.9 Å². The summed E-state index contributed by atoms with van der Waals surface area (Å²) >= 11 is 3.48. The number of halogens is 4. The molecule has 1 aliphatic rings. The van der Waals surface area contributed by atoms with Crippen LogP contribution >= 0.6 is 15.9 Å². The normalized spacial score (nSPS) is 15.8. The van der Waals surface area contributed by atoms with Gasteiger partial charge in [0.1, 0.15) is 6.54 Å². The van der Waals surface area contributed by atoms with Crippen LogP contribution in [-0.2, 0) is 27.2 Å². The van der Waals surface area contributed by atoms with Crippen molar-refractivity contribution < 1.29 is 27.4 Å². The van der Waals surface area contributed by atoms with Gasteiger partial charge in [0.05, 0.1) is 24.1 Å². The van der Waals surface area contributed by atoms with Gasteiger partial charge in [0.15, 0.2) is 0 Å². The minimum absolute atomic E-state index is 0.153. The van der Waals surface area contributed by atoms with Crippen LogP contribution in [0.25, 0.3) is 16.5 Å². The van der Waals surface area contributed by atoms with E-state index in [1.54, 1.807) is 25.5 Å². The third-order valence-corrected chi connectivity index (χ3v) is 6.37. The predicted molar refractivity (Wildman–Crippen MR) is 131 cm³/mol. The molecule has 0 saturated heterocycles. The fourth-order valence-electron chi connectivity index (χ4n) is 4.37. The number of rotatable bonds is 8. The van der Waals surface area contributed by atoms with E-state index in [4.69, 9.17) is 9.47 Å². The van der Waals surface area contributed by atoms with Gasteiger partial charge in [-0.1, -0.05) is 29.8 Å². The van der Waals surface area contributed by atoms with Gasteiger partial charge in [-0.05, 0) is 49.9 Å². The first kappa shape index (κ1) is 26.5. The maximum atomic E-state index is 13.8. The van der Waals surface area contributed by atoms with Crippen molar-refractivity contribution in [2.24, 2.45) is 10.4 Å². The van der Waals surface area contributed by atoms with Gasteiger partial charge in [0.2, 0.25) is 0 Å². The Kier molecular flexibility index (Phi) is 7.97. The number of allylic oxidation sites excluding steroid dienone is 1. The molecule has 0 radical (unpaired) electrons. The Hall–Kier alpha value is -2.13. The lowest BCUT2D eigenvalue weighted by Crippen LogP contribution is -2.25. The molecule has 0 bridgehead atoms. The molecule has 186 valence electrons. The molecular formula is C25H30BrF3N2O3. The molecule has 2 aromatic rings. The summed E-state index contributed by atoms with van der Waals surface area (Å²) < 4.78 is 54.4. The van der Waals surface area contributed by atoms with Gasteiger partial charge in [-0.15, -0.1) is 0 Å². The summed E-state index contributed by atoms with van der Waals surface area (Å²) in [5.41, 5.74) is 2.69. The summed E-state index contributed by atoms with van der Waals surface area (Å²) in [6, 6.07) is 5.32. The second-order valence-electron chi connectivity index (χ2n) is 9.40. The summed E-state index contributed by atoms with van der Waals surface area (Å²) in [6.07, 6.45) is -1.41. The molecule has 5 nitrogen and oxygen atoms in total. The molecule has 9 heteroatoms. The van der Waals surface area contributed by atoms with Crippen molar-refractivity contribution in [3.63, 3.8) is 0 Å². The van der Waals surface area contributed by atoms with Crippen LogP contribution in [0.3, 0.4) is 0 Å². The monoisotopic (exact) mass is 542 g/mol. The van der Waals surface area contributed by atoms with Crippen molar-refractivity contribution in [3.8, 4) is 0 Å². The number of nitrogens with zero attached hydrogens (tertiary/aromatic N) is 2. The Balaban J connectivity index is 2.34. The van der Waals surface area contributed by atoms with E-state index in [0.29, 0.717) is 36.2 Å². The fourth-order valence-corrected chi connectivity index (χ4v) is 4.73. The molecule has 1 atom stereocenters. The Bertz CT molecular complexity index is 1130. The molecule has 0 spiro atoms. The number of carbonyl (C=O) groups is 1. The van der Waals surface area contributed by atoms with Crippen molar-refractivity contribution in [3.05, 3.63) is 39.6 Å². The Morgan fingerprint density at radius 1 is 1.29 bits per heavy atom. The van der Waals surface area contributed by atoms with E-state index in [9.17, 15) is 18.0 Å². The number of hydrogen-bond acceptors (Lipinski definition) is 4. The molecule has 1 aromatic heterocycles. The number of fused-ring (bicyclic) bond motifs is 1. The van der Waals surface area contributed by atoms with Gasteiger partial charge < -0.3 is 14.0 Å². The highest BCUT2D eigenvalue weighted by Crippen LogP contribution is 2.42.